The number of benzene rings is 2. The fourth-order valence-corrected chi connectivity index (χ4v) is 6.55. The van der Waals surface area contributed by atoms with Crippen molar-refractivity contribution in [1.29, 1.82) is 0 Å². The van der Waals surface area contributed by atoms with Crippen LogP contribution in [0.15, 0.2) is 60.8 Å². The van der Waals surface area contributed by atoms with Crippen LogP contribution in [-0.4, -0.2) is 41.0 Å². The number of ether oxygens (including phenoxy) is 3. The van der Waals surface area contributed by atoms with Crippen molar-refractivity contribution >= 4 is 23.1 Å². The van der Waals surface area contributed by atoms with Crippen LogP contribution in [0.2, 0.25) is 5.02 Å². The molecule has 2 aromatic carbocycles. The maximum atomic E-state index is 11.6. The Morgan fingerprint density at radius 2 is 1.98 bits per heavy atom. The highest BCUT2D eigenvalue weighted by atomic mass is 35.5. The van der Waals surface area contributed by atoms with Gasteiger partial charge in [-0.1, -0.05) is 29.8 Å². The van der Waals surface area contributed by atoms with Gasteiger partial charge in [0.05, 0.1) is 24.3 Å². The number of primary amides is 1. The molecule has 3 aliphatic heterocycles. The number of piperidine rings is 1. The lowest BCUT2D eigenvalue weighted by Crippen LogP contribution is -2.42. The molecule has 214 valence electrons. The second-order valence-electron chi connectivity index (χ2n) is 11.8. The molecule has 1 spiro atoms. The zero-order valence-corrected chi connectivity index (χ0v) is 24.4. The van der Waals surface area contributed by atoms with Gasteiger partial charge in [-0.3, -0.25) is 9.78 Å². The molecule has 0 saturated carbocycles. The Balaban J connectivity index is 1.20. The number of fused-ring (bicyclic) bond motifs is 4. The first-order valence-electron chi connectivity index (χ1n) is 14.3. The molecule has 1 amide bonds. The van der Waals surface area contributed by atoms with Crippen LogP contribution in [0.5, 0.6) is 11.5 Å². The van der Waals surface area contributed by atoms with Crippen LogP contribution < -0.4 is 15.2 Å². The Morgan fingerprint density at radius 3 is 2.78 bits per heavy atom. The summed E-state index contributed by atoms with van der Waals surface area (Å²) in [6.07, 6.45) is 7.04. The van der Waals surface area contributed by atoms with Crippen LogP contribution >= 0.6 is 11.6 Å². The number of carbonyl (C=O) groups is 1. The van der Waals surface area contributed by atoms with Gasteiger partial charge in [-0.2, -0.15) is 0 Å². The van der Waals surface area contributed by atoms with E-state index in [1.165, 1.54) is 11.1 Å². The van der Waals surface area contributed by atoms with Crippen LogP contribution in [0, 0.1) is 0 Å². The van der Waals surface area contributed by atoms with Crippen molar-refractivity contribution in [3.05, 3.63) is 93.8 Å². The molecule has 1 fully saturated rings. The smallest absolute Gasteiger partial charge is 0.221 e. The lowest BCUT2D eigenvalue weighted by Gasteiger charge is -2.39. The van der Waals surface area contributed by atoms with Crippen molar-refractivity contribution in [2.24, 2.45) is 5.73 Å². The van der Waals surface area contributed by atoms with E-state index >= 15 is 0 Å². The topological polar surface area (TPSA) is 86.9 Å². The van der Waals surface area contributed by atoms with Crippen molar-refractivity contribution in [2.45, 2.75) is 63.9 Å². The first-order chi connectivity index (χ1) is 19.7. The second-order valence-corrected chi connectivity index (χ2v) is 12.2. The first kappa shape index (κ1) is 27.8. The SMILES string of the molecule is CC(C)(CC(N)=O)Oc1ccc2c(c1)C(=CCCN1CCC3(CC1)OCc1cc(Cl)ccc13)c1cccnc1CO2. The highest BCUT2D eigenvalue weighted by Gasteiger charge is 2.42. The summed E-state index contributed by atoms with van der Waals surface area (Å²) in [5, 5.41) is 0.769. The quantitative estimate of drug-likeness (QED) is 0.373. The number of likely N-dealkylation sites (tertiary alicyclic amines) is 1. The number of aromatic nitrogens is 1. The van der Waals surface area contributed by atoms with E-state index in [4.69, 9.17) is 31.5 Å². The molecule has 41 heavy (non-hydrogen) atoms. The number of carbonyl (C=O) groups excluding carboxylic acids is 1. The van der Waals surface area contributed by atoms with E-state index in [2.05, 4.69) is 28.1 Å². The zero-order chi connectivity index (χ0) is 28.6. The molecule has 2 N–H and O–H groups in total. The maximum absolute atomic E-state index is 11.6. The molecule has 3 aliphatic rings. The molecular formula is C33H36ClN3O4. The number of hydrogen-bond acceptors (Lipinski definition) is 6. The molecule has 0 bridgehead atoms. The third kappa shape index (κ3) is 5.85. The number of hydrogen-bond donors (Lipinski definition) is 1. The van der Waals surface area contributed by atoms with Gasteiger partial charge in [0, 0.05) is 42.0 Å². The third-order valence-corrected chi connectivity index (χ3v) is 8.53. The van der Waals surface area contributed by atoms with E-state index < -0.39 is 11.5 Å². The van der Waals surface area contributed by atoms with E-state index in [0.717, 1.165) is 72.1 Å². The molecule has 1 aromatic heterocycles. The van der Waals surface area contributed by atoms with Crippen LogP contribution in [-0.2, 0) is 28.3 Å². The normalized spacial score (nSPS) is 18.8. The standard InChI is InChI=1S/C33H36ClN3O4/c1-32(2,19-31(35)38)41-24-8-10-30-27(18-24)25(26-5-3-13-36-29(26)21-39-30)6-4-14-37-15-11-33(12-16-37)28-9-7-23(34)17-22(28)20-40-33/h3,5-10,13,17-18H,4,11-12,14-16,19-21H2,1-2H3,(H2,35,38). The van der Waals surface area contributed by atoms with E-state index in [0.29, 0.717) is 19.0 Å². The van der Waals surface area contributed by atoms with Gasteiger partial charge in [0.1, 0.15) is 23.7 Å². The van der Waals surface area contributed by atoms with Gasteiger partial charge in [0.15, 0.2) is 0 Å². The van der Waals surface area contributed by atoms with E-state index in [1.54, 1.807) is 6.20 Å². The average Bonchev–Trinajstić information content (AvgIpc) is 3.19. The lowest BCUT2D eigenvalue weighted by atomic mass is 9.84. The molecule has 0 atom stereocenters. The summed E-state index contributed by atoms with van der Waals surface area (Å²) in [5.74, 6) is 1.05. The minimum Gasteiger partial charge on any atom is -0.487 e. The number of pyridine rings is 1. The van der Waals surface area contributed by atoms with Crippen molar-refractivity contribution in [3.63, 3.8) is 0 Å². The van der Waals surface area contributed by atoms with Crippen molar-refractivity contribution in [3.8, 4) is 11.5 Å². The average molecular weight is 574 g/mol. The fourth-order valence-electron chi connectivity index (χ4n) is 6.36. The first-order valence-corrected chi connectivity index (χ1v) is 14.6. The fraction of sp³-hybridized carbons (Fsp3) is 0.394. The van der Waals surface area contributed by atoms with Crippen LogP contribution in [0.3, 0.4) is 0 Å². The highest BCUT2D eigenvalue weighted by molar-refractivity contribution is 6.30. The number of amides is 1. The summed E-state index contributed by atoms with van der Waals surface area (Å²) in [6, 6.07) is 16.0. The molecule has 0 radical (unpaired) electrons. The Morgan fingerprint density at radius 1 is 1.15 bits per heavy atom. The Kier molecular flexibility index (Phi) is 7.53. The van der Waals surface area contributed by atoms with Crippen LogP contribution in [0.4, 0.5) is 0 Å². The van der Waals surface area contributed by atoms with Gasteiger partial charge in [-0.05, 0) is 86.2 Å². The molecule has 7 nitrogen and oxygen atoms in total. The summed E-state index contributed by atoms with van der Waals surface area (Å²) in [5.41, 5.74) is 11.1. The van der Waals surface area contributed by atoms with Gasteiger partial charge < -0.3 is 24.8 Å². The molecule has 6 rings (SSSR count). The largest absolute Gasteiger partial charge is 0.487 e. The third-order valence-electron chi connectivity index (χ3n) is 8.30. The predicted molar refractivity (Wildman–Crippen MR) is 159 cm³/mol. The van der Waals surface area contributed by atoms with Crippen molar-refractivity contribution < 1.29 is 19.0 Å². The summed E-state index contributed by atoms with van der Waals surface area (Å²) in [7, 11) is 0. The van der Waals surface area contributed by atoms with Gasteiger partial charge in [0.25, 0.3) is 0 Å². The Labute approximate surface area is 246 Å². The number of nitrogens with zero attached hydrogens (tertiary/aromatic N) is 2. The van der Waals surface area contributed by atoms with Crippen molar-refractivity contribution in [2.75, 3.05) is 19.6 Å². The van der Waals surface area contributed by atoms with Gasteiger partial charge in [-0.15, -0.1) is 0 Å². The maximum Gasteiger partial charge on any atom is 0.221 e. The molecule has 1 saturated heterocycles. The van der Waals surface area contributed by atoms with E-state index in [9.17, 15) is 4.79 Å². The number of halogens is 1. The molecular weight excluding hydrogens is 538 g/mol. The minimum atomic E-state index is -0.726. The second kappa shape index (κ2) is 11.1. The molecule has 0 aliphatic carbocycles. The van der Waals surface area contributed by atoms with Crippen LogP contribution in [0.25, 0.3) is 5.57 Å². The minimum absolute atomic E-state index is 0.123. The van der Waals surface area contributed by atoms with Crippen LogP contribution in [0.1, 0.15) is 67.5 Å². The Bertz CT molecular complexity index is 1490. The Hall–Kier alpha value is -3.39. The highest BCUT2D eigenvalue weighted by Crippen LogP contribution is 2.45. The summed E-state index contributed by atoms with van der Waals surface area (Å²) in [4.78, 5) is 18.7. The summed E-state index contributed by atoms with van der Waals surface area (Å²) < 4.78 is 18.7. The van der Waals surface area contributed by atoms with Crippen molar-refractivity contribution in [1.82, 2.24) is 9.88 Å². The van der Waals surface area contributed by atoms with E-state index in [-0.39, 0.29) is 12.0 Å². The monoisotopic (exact) mass is 573 g/mol. The number of nitrogens with two attached hydrogens (primary N) is 1. The molecule has 0 unspecified atom stereocenters. The molecule has 4 heterocycles. The van der Waals surface area contributed by atoms with Gasteiger partial charge in [-0.25, -0.2) is 0 Å². The molecule has 3 aromatic rings. The van der Waals surface area contributed by atoms with E-state index in [1.807, 2.05) is 50.2 Å². The van der Waals surface area contributed by atoms with Gasteiger partial charge in [0.2, 0.25) is 5.91 Å². The summed E-state index contributed by atoms with van der Waals surface area (Å²) in [6.45, 7) is 7.68. The predicted octanol–water partition coefficient (Wildman–Crippen LogP) is 6.00. The number of rotatable bonds is 7. The zero-order valence-electron chi connectivity index (χ0n) is 23.6. The van der Waals surface area contributed by atoms with Gasteiger partial charge >= 0.3 is 0 Å². The summed E-state index contributed by atoms with van der Waals surface area (Å²) >= 11 is 6.22. The molecule has 8 heteroatoms. The lowest BCUT2D eigenvalue weighted by molar-refractivity contribution is -0.121.